The Hall–Kier alpha value is -4.24. The number of benzene rings is 7. The van der Waals surface area contributed by atoms with Gasteiger partial charge in [0, 0.05) is 63.9 Å². The first-order valence-corrected chi connectivity index (χ1v) is 13.2. The van der Waals surface area contributed by atoms with Gasteiger partial charge in [0.2, 0.25) is 0 Å². The number of fused-ring (bicyclic) bond motifs is 10. The Bertz CT molecular complexity index is 2300. The maximum atomic E-state index is 6.85. The van der Waals surface area contributed by atoms with Crippen molar-refractivity contribution in [3.05, 3.63) is 107 Å². The van der Waals surface area contributed by atoms with Crippen molar-refractivity contribution in [1.29, 1.82) is 0 Å². The molecule has 38 heavy (non-hydrogen) atoms. The van der Waals surface area contributed by atoms with Crippen molar-refractivity contribution in [2.45, 2.75) is 0 Å². The topological polar surface area (TPSA) is 26.3 Å². The Labute approximate surface area is 225 Å². The van der Waals surface area contributed by atoms with Crippen molar-refractivity contribution in [2.75, 3.05) is 0 Å². The van der Waals surface area contributed by atoms with Crippen LogP contribution in [-0.4, -0.2) is 0 Å². The van der Waals surface area contributed by atoms with Crippen LogP contribution in [0.5, 0.6) is 0 Å². The van der Waals surface area contributed by atoms with Gasteiger partial charge in [0.1, 0.15) is 22.3 Å². The van der Waals surface area contributed by atoms with Gasteiger partial charge in [0.05, 0.1) is 0 Å². The van der Waals surface area contributed by atoms with Gasteiger partial charge >= 0.3 is 0 Å². The molecule has 178 valence electrons. The van der Waals surface area contributed by atoms with E-state index >= 15 is 0 Å². The minimum Gasteiger partial charge on any atom is -0.455 e. The van der Waals surface area contributed by atoms with Crippen molar-refractivity contribution in [1.82, 2.24) is 0 Å². The average molecular weight is 527 g/mol. The van der Waals surface area contributed by atoms with Gasteiger partial charge < -0.3 is 8.83 Å². The van der Waals surface area contributed by atoms with Crippen LogP contribution < -0.4 is 0 Å². The summed E-state index contributed by atoms with van der Waals surface area (Å²) in [5.74, 6) is 0. The fourth-order valence-electron chi connectivity index (χ4n) is 6.41. The zero-order valence-corrected chi connectivity index (χ0v) is 21.3. The molecular formula is C34H16Cl2O2. The number of halogens is 2. The maximum absolute atomic E-state index is 6.85. The van der Waals surface area contributed by atoms with Gasteiger partial charge in [-0.05, 0) is 35.0 Å². The summed E-state index contributed by atoms with van der Waals surface area (Å²) in [5, 5.41) is 13.9. The highest BCUT2D eigenvalue weighted by atomic mass is 35.5. The van der Waals surface area contributed by atoms with Gasteiger partial charge in [0.15, 0.2) is 0 Å². The third-order valence-corrected chi connectivity index (χ3v) is 8.57. The molecule has 0 radical (unpaired) electrons. The molecule has 0 fully saturated rings. The smallest absolute Gasteiger partial charge is 0.143 e. The molecule has 0 bridgehead atoms. The highest BCUT2D eigenvalue weighted by molar-refractivity contribution is 6.44. The first-order chi connectivity index (χ1) is 18.7. The fraction of sp³-hybridized carbons (Fsp3) is 0. The molecule has 0 aliphatic carbocycles. The van der Waals surface area contributed by atoms with Crippen LogP contribution in [0.3, 0.4) is 0 Å². The Morgan fingerprint density at radius 1 is 0.368 bits per heavy atom. The molecule has 0 atom stereocenters. The van der Waals surface area contributed by atoms with Crippen molar-refractivity contribution in [2.24, 2.45) is 0 Å². The van der Waals surface area contributed by atoms with E-state index in [1.54, 1.807) is 0 Å². The third-order valence-electron chi connectivity index (χ3n) is 7.94. The van der Waals surface area contributed by atoms with Crippen molar-refractivity contribution >= 4 is 110 Å². The highest BCUT2D eigenvalue weighted by Crippen LogP contribution is 2.48. The van der Waals surface area contributed by atoms with E-state index < -0.39 is 0 Å². The number of rotatable bonds is 0. The van der Waals surface area contributed by atoms with E-state index in [9.17, 15) is 0 Å². The minimum absolute atomic E-state index is 0.704. The van der Waals surface area contributed by atoms with E-state index in [1.165, 1.54) is 0 Å². The van der Waals surface area contributed by atoms with E-state index in [4.69, 9.17) is 32.0 Å². The molecule has 9 rings (SSSR count). The van der Waals surface area contributed by atoms with E-state index in [0.29, 0.717) is 10.0 Å². The lowest BCUT2D eigenvalue weighted by Crippen LogP contribution is -1.91. The van der Waals surface area contributed by atoms with Crippen LogP contribution in [-0.2, 0) is 0 Å². The summed E-state index contributed by atoms with van der Waals surface area (Å²) < 4.78 is 13.4. The van der Waals surface area contributed by atoms with Crippen LogP contribution in [0.15, 0.2) is 106 Å². The van der Waals surface area contributed by atoms with Crippen LogP contribution in [0.2, 0.25) is 10.0 Å². The number of hydrogen-bond donors (Lipinski definition) is 0. The molecule has 7 aromatic carbocycles. The normalized spacial score (nSPS) is 12.5. The summed E-state index contributed by atoms with van der Waals surface area (Å²) in [6, 6.07) is 32.9. The highest BCUT2D eigenvalue weighted by Gasteiger charge is 2.22. The molecule has 0 unspecified atom stereocenters. The molecule has 2 nitrogen and oxygen atoms in total. The van der Waals surface area contributed by atoms with Gasteiger partial charge in [-0.2, -0.15) is 0 Å². The van der Waals surface area contributed by atoms with Gasteiger partial charge in [-0.1, -0.05) is 96.0 Å². The molecule has 0 spiro atoms. The van der Waals surface area contributed by atoms with Gasteiger partial charge in [-0.3, -0.25) is 0 Å². The Morgan fingerprint density at radius 3 is 1.21 bits per heavy atom. The lowest BCUT2D eigenvalue weighted by atomic mass is 9.89. The number of hydrogen-bond acceptors (Lipinski definition) is 2. The fourth-order valence-corrected chi connectivity index (χ4v) is 6.96. The molecule has 0 saturated heterocycles. The molecular weight excluding hydrogens is 511 g/mol. The second-order valence-corrected chi connectivity index (χ2v) is 10.7. The molecule has 0 aliphatic rings. The molecule has 2 aromatic heterocycles. The lowest BCUT2D eigenvalue weighted by Gasteiger charge is -2.18. The lowest BCUT2D eigenvalue weighted by molar-refractivity contribution is 0.665. The van der Waals surface area contributed by atoms with Crippen LogP contribution in [0, 0.1) is 0 Å². The van der Waals surface area contributed by atoms with Gasteiger partial charge in [-0.25, -0.2) is 0 Å². The molecule has 0 N–H and O–H groups in total. The summed E-state index contributed by atoms with van der Waals surface area (Å²) in [4.78, 5) is 0. The van der Waals surface area contributed by atoms with Crippen LogP contribution in [0.25, 0.3) is 87.0 Å². The minimum atomic E-state index is 0.704. The van der Waals surface area contributed by atoms with Crippen LogP contribution >= 0.6 is 23.2 Å². The molecule has 0 aliphatic heterocycles. The van der Waals surface area contributed by atoms with Gasteiger partial charge in [0.25, 0.3) is 0 Å². The zero-order chi connectivity index (χ0) is 25.1. The summed E-state index contributed by atoms with van der Waals surface area (Å²) >= 11 is 13.7. The molecule has 0 saturated carbocycles. The van der Waals surface area contributed by atoms with Gasteiger partial charge in [-0.15, -0.1) is 0 Å². The summed E-state index contributed by atoms with van der Waals surface area (Å²) in [6.45, 7) is 0. The first-order valence-electron chi connectivity index (χ1n) is 12.5. The molecule has 9 aromatic rings. The van der Waals surface area contributed by atoms with Crippen molar-refractivity contribution in [3.63, 3.8) is 0 Å². The summed E-state index contributed by atoms with van der Waals surface area (Å²) in [5.41, 5.74) is 3.33. The van der Waals surface area contributed by atoms with E-state index in [2.05, 4.69) is 36.4 Å². The van der Waals surface area contributed by atoms with E-state index in [1.807, 2.05) is 60.7 Å². The summed E-state index contributed by atoms with van der Waals surface area (Å²) in [6.07, 6.45) is 0. The molecule has 2 heterocycles. The summed E-state index contributed by atoms with van der Waals surface area (Å²) in [7, 11) is 0. The average Bonchev–Trinajstić information content (AvgIpc) is 2.95. The largest absolute Gasteiger partial charge is 0.455 e. The van der Waals surface area contributed by atoms with Crippen LogP contribution in [0.1, 0.15) is 0 Å². The maximum Gasteiger partial charge on any atom is 0.143 e. The molecule has 0 amide bonds. The third kappa shape index (κ3) is 2.49. The Kier molecular flexibility index (Phi) is 3.93. The van der Waals surface area contributed by atoms with E-state index in [-0.39, 0.29) is 0 Å². The van der Waals surface area contributed by atoms with E-state index in [0.717, 1.165) is 87.0 Å². The standard InChI is InChI=1S/C34H16Cl2O2/c35-25-15-23-29-21-11-6-14-28-32(21)30(24-16-26(36)18-8-2-4-10-20(18)34(24)38-28)22-12-5-13-27(31(22)29)37-33(23)19-9-3-1-7-17(19)25/h1-16H. The van der Waals surface area contributed by atoms with Crippen molar-refractivity contribution in [3.8, 4) is 0 Å². The second kappa shape index (κ2) is 7.20. The quantitative estimate of drug-likeness (QED) is 0.145. The first kappa shape index (κ1) is 20.8. The second-order valence-electron chi connectivity index (χ2n) is 9.87. The Balaban J connectivity index is 1.65. The zero-order valence-electron chi connectivity index (χ0n) is 19.8. The SMILES string of the molecule is Clc1cc2c(oc3cccc4c3c2c2cccc3oc5c6ccccc6c(Cl)cc5c4c32)c2ccccc12. The Morgan fingerprint density at radius 2 is 0.763 bits per heavy atom. The predicted molar refractivity (Wildman–Crippen MR) is 161 cm³/mol. The van der Waals surface area contributed by atoms with Crippen molar-refractivity contribution < 1.29 is 8.83 Å². The van der Waals surface area contributed by atoms with Crippen LogP contribution in [0.4, 0.5) is 0 Å². The molecule has 4 heteroatoms. The predicted octanol–water partition coefficient (Wildman–Crippen LogP) is 11.4. The monoisotopic (exact) mass is 526 g/mol.